The molecule has 0 N–H and O–H groups in total. The highest BCUT2D eigenvalue weighted by molar-refractivity contribution is 5.96. The van der Waals surface area contributed by atoms with E-state index in [1.165, 1.54) is 0 Å². The third-order valence-electron chi connectivity index (χ3n) is 5.92. The number of ketones is 1. The molecule has 5 heteroatoms. The van der Waals surface area contributed by atoms with Crippen molar-refractivity contribution in [1.82, 2.24) is 0 Å². The lowest BCUT2D eigenvalue weighted by Gasteiger charge is -2.23. The number of hydrogen-bond acceptors (Lipinski definition) is 5. The Morgan fingerprint density at radius 2 is 1.58 bits per heavy atom. The number of fused-ring (bicyclic) bond motifs is 1. The first kappa shape index (κ1) is 22.3. The van der Waals surface area contributed by atoms with Gasteiger partial charge in [-0.1, -0.05) is 62.4 Å². The number of carbonyl (C=O) groups excluding carboxylic acids is 2. The van der Waals surface area contributed by atoms with Crippen molar-refractivity contribution >= 4 is 17.4 Å². The molecule has 0 spiro atoms. The molecule has 168 valence electrons. The van der Waals surface area contributed by atoms with E-state index in [0.29, 0.717) is 17.9 Å². The number of anilines is 1. The molecule has 0 atom stereocenters. The molecule has 3 aromatic rings. The molecular formula is C28H27NO4. The molecule has 1 aliphatic heterocycles. The van der Waals surface area contributed by atoms with E-state index in [4.69, 9.17) is 9.47 Å². The van der Waals surface area contributed by atoms with Crippen LogP contribution in [0.1, 0.15) is 35.3 Å². The maximum Gasteiger partial charge on any atom is 0.338 e. The average molecular weight is 442 g/mol. The molecule has 4 rings (SSSR count). The highest BCUT2D eigenvalue weighted by Crippen LogP contribution is 2.46. The summed E-state index contributed by atoms with van der Waals surface area (Å²) >= 11 is 0. The Bertz CT molecular complexity index is 1180. The summed E-state index contributed by atoms with van der Waals surface area (Å²) in [6.45, 7) is 4.31. The Hall–Kier alpha value is -3.86. The fourth-order valence-electron chi connectivity index (χ4n) is 4.10. The van der Waals surface area contributed by atoms with Gasteiger partial charge in [-0.2, -0.15) is 0 Å². The van der Waals surface area contributed by atoms with Gasteiger partial charge in [-0.15, -0.1) is 0 Å². The summed E-state index contributed by atoms with van der Waals surface area (Å²) in [5.74, 6) is -0.144. The van der Waals surface area contributed by atoms with Crippen LogP contribution < -0.4 is 9.64 Å². The van der Waals surface area contributed by atoms with Gasteiger partial charge in [0.15, 0.2) is 12.4 Å². The van der Waals surface area contributed by atoms with Gasteiger partial charge >= 0.3 is 5.97 Å². The van der Waals surface area contributed by atoms with Crippen molar-refractivity contribution in [3.8, 4) is 5.75 Å². The van der Waals surface area contributed by atoms with Crippen LogP contribution in [-0.4, -0.2) is 25.4 Å². The van der Waals surface area contributed by atoms with E-state index in [0.717, 1.165) is 22.5 Å². The second-order valence-electron chi connectivity index (χ2n) is 8.57. The van der Waals surface area contributed by atoms with Gasteiger partial charge in [0, 0.05) is 29.9 Å². The van der Waals surface area contributed by atoms with Crippen molar-refractivity contribution in [2.24, 2.45) is 0 Å². The monoisotopic (exact) mass is 441 g/mol. The van der Waals surface area contributed by atoms with E-state index >= 15 is 0 Å². The topological polar surface area (TPSA) is 55.8 Å². The summed E-state index contributed by atoms with van der Waals surface area (Å²) in [7, 11) is 1.94. The molecule has 0 unspecified atom stereocenters. The number of esters is 1. The zero-order valence-corrected chi connectivity index (χ0v) is 19.1. The predicted octanol–water partition coefficient (Wildman–Crippen LogP) is 5.30. The number of carbonyl (C=O) groups is 2. The minimum Gasteiger partial charge on any atom is -0.489 e. The molecule has 0 amide bonds. The highest BCUT2D eigenvalue weighted by Gasteiger charge is 2.38. The normalized spacial score (nSPS) is 15.2. The molecule has 1 heterocycles. The van der Waals surface area contributed by atoms with E-state index in [1.54, 1.807) is 30.3 Å². The molecule has 0 bridgehead atoms. The van der Waals surface area contributed by atoms with Crippen molar-refractivity contribution in [3.63, 3.8) is 0 Å². The van der Waals surface area contributed by atoms with Gasteiger partial charge in [-0.3, -0.25) is 4.79 Å². The molecule has 1 aliphatic rings. The van der Waals surface area contributed by atoms with Crippen LogP contribution in [0.25, 0.3) is 0 Å². The standard InChI is InChI=1S/C28H27NO4/c1-28(2)24-11-7-8-12-25(24)29(3)26(28)17-22(30)19-33-27(31)21-13-15-23(16-14-21)32-18-20-9-5-4-6-10-20/h4-17H,18-19H2,1-3H3. The fourth-order valence-corrected chi connectivity index (χ4v) is 4.10. The molecule has 0 saturated heterocycles. The van der Waals surface area contributed by atoms with Crippen molar-refractivity contribution in [2.75, 3.05) is 18.6 Å². The third kappa shape index (κ3) is 4.82. The summed E-state index contributed by atoms with van der Waals surface area (Å²) < 4.78 is 11.0. The third-order valence-corrected chi connectivity index (χ3v) is 5.92. The Kier molecular flexibility index (Phi) is 6.31. The van der Waals surface area contributed by atoms with Crippen LogP contribution in [-0.2, 0) is 21.6 Å². The van der Waals surface area contributed by atoms with Crippen molar-refractivity contribution in [3.05, 3.63) is 107 Å². The molecule has 3 aromatic carbocycles. The lowest BCUT2D eigenvalue weighted by Crippen LogP contribution is -2.25. The molecule has 5 nitrogen and oxygen atoms in total. The van der Waals surface area contributed by atoms with Gasteiger partial charge in [0.25, 0.3) is 0 Å². The van der Waals surface area contributed by atoms with Crippen molar-refractivity contribution in [2.45, 2.75) is 25.9 Å². The number of ether oxygens (including phenoxy) is 2. The van der Waals surface area contributed by atoms with Crippen molar-refractivity contribution in [1.29, 1.82) is 0 Å². The first-order valence-corrected chi connectivity index (χ1v) is 10.9. The van der Waals surface area contributed by atoms with Crippen LogP contribution in [0.3, 0.4) is 0 Å². The van der Waals surface area contributed by atoms with Gasteiger partial charge < -0.3 is 14.4 Å². The number of nitrogens with zero attached hydrogens (tertiary/aromatic N) is 1. The quantitative estimate of drug-likeness (QED) is 0.368. The molecule has 0 fully saturated rings. The van der Waals surface area contributed by atoms with Gasteiger partial charge in [0.2, 0.25) is 0 Å². The van der Waals surface area contributed by atoms with Crippen LogP contribution in [0.4, 0.5) is 5.69 Å². The number of rotatable bonds is 7. The summed E-state index contributed by atoms with van der Waals surface area (Å²) in [4.78, 5) is 27.0. The predicted molar refractivity (Wildman–Crippen MR) is 128 cm³/mol. The van der Waals surface area contributed by atoms with E-state index in [1.807, 2.05) is 60.5 Å². The largest absolute Gasteiger partial charge is 0.489 e. The van der Waals surface area contributed by atoms with Crippen LogP contribution in [0, 0.1) is 0 Å². The zero-order valence-electron chi connectivity index (χ0n) is 19.1. The summed E-state index contributed by atoms with van der Waals surface area (Å²) in [6.07, 6.45) is 1.58. The van der Waals surface area contributed by atoms with E-state index in [2.05, 4.69) is 19.9 Å². The lowest BCUT2D eigenvalue weighted by atomic mass is 9.83. The van der Waals surface area contributed by atoms with Crippen LogP contribution in [0.5, 0.6) is 5.75 Å². The highest BCUT2D eigenvalue weighted by atomic mass is 16.5. The molecule has 0 aliphatic carbocycles. The molecule has 33 heavy (non-hydrogen) atoms. The number of allylic oxidation sites excluding steroid dienone is 1. The van der Waals surface area contributed by atoms with Gasteiger partial charge in [-0.25, -0.2) is 4.79 Å². The average Bonchev–Trinajstić information content (AvgIpc) is 3.03. The van der Waals surface area contributed by atoms with Crippen LogP contribution >= 0.6 is 0 Å². The zero-order chi connectivity index (χ0) is 23.4. The number of benzene rings is 3. The maximum atomic E-state index is 12.6. The van der Waals surface area contributed by atoms with Crippen molar-refractivity contribution < 1.29 is 19.1 Å². The Balaban J connectivity index is 1.34. The van der Waals surface area contributed by atoms with Crippen LogP contribution in [0.2, 0.25) is 0 Å². The van der Waals surface area contributed by atoms with Crippen LogP contribution in [0.15, 0.2) is 90.6 Å². The minimum absolute atomic E-state index is 0.256. The summed E-state index contributed by atoms with van der Waals surface area (Å²) in [6, 6.07) is 24.6. The van der Waals surface area contributed by atoms with Gasteiger partial charge in [-0.05, 0) is 41.5 Å². The molecule has 0 radical (unpaired) electrons. The smallest absolute Gasteiger partial charge is 0.338 e. The first-order chi connectivity index (χ1) is 15.9. The van der Waals surface area contributed by atoms with Gasteiger partial charge in [0.05, 0.1) is 5.56 Å². The molecular weight excluding hydrogens is 414 g/mol. The minimum atomic E-state index is -0.543. The summed E-state index contributed by atoms with van der Waals surface area (Å²) in [5, 5.41) is 0. The first-order valence-electron chi connectivity index (χ1n) is 10.9. The Morgan fingerprint density at radius 3 is 2.27 bits per heavy atom. The Labute approximate surface area is 194 Å². The molecule has 0 saturated carbocycles. The number of hydrogen-bond donors (Lipinski definition) is 0. The molecule has 0 aromatic heterocycles. The fraction of sp³-hybridized carbons (Fsp3) is 0.214. The lowest BCUT2D eigenvalue weighted by molar-refractivity contribution is -0.117. The van der Waals surface area contributed by atoms with E-state index < -0.39 is 5.97 Å². The summed E-state index contributed by atoms with van der Waals surface area (Å²) in [5.41, 5.74) is 4.25. The second-order valence-corrected chi connectivity index (χ2v) is 8.57. The van der Waals surface area contributed by atoms with E-state index in [9.17, 15) is 9.59 Å². The SMILES string of the molecule is CN1C(=CC(=O)COC(=O)c2ccc(OCc3ccccc3)cc2)C(C)(C)c2ccccc21. The second kappa shape index (κ2) is 9.33. The maximum absolute atomic E-state index is 12.6. The van der Waals surface area contributed by atoms with E-state index in [-0.39, 0.29) is 17.8 Å². The Morgan fingerprint density at radius 1 is 0.909 bits per heavy atom. The number of para-hydroxylation sites is 1. The number of likely N-dealkylation sites (N-methyl/N-ethyl adjacent to an activating group) is 1. The van der Waals surface area contributed by atoms with Gasteiger partial charge in [0.1, 0.15) is 12.4 Å².